The summed E-state index contributed by atoms with van der Waals surface area (Å²) in [5.41, 5.74) is 2.91. The number of hydrogen-bond acceptors (Lipinski definition) is 5. The number of rotatable bonds is 10. The highest BCUT2D eigenvalue weighted by molar-refractivity contribution is 6.09. The van der Waals surface area contributed by atoms with Crippen molar-refractivity contribution in [3.05, 3.63) is 125 Å². The summed E-state index contributed by atoms with van der Waals surface area (Å²) in [7, 11) is 1.50. The fourth-order valence-corrected chi connectivity index (χ4v) is 3.52. The molecule has 0 aliphatic rings. The van der Waals surface area contributed by atoms with Crippen LogP contribution in [0.2, 0.25) is 0 Å². The molecule has 7 heteroatoms. The molecular weight excluding hydrogens is 483 g/mol. The van der Waals surface area contributed by atoms with Crippen molar-refractivity contribution >= 4 is 17.7 Å². The number of methoxy groups -OCH3 is 1. The van der Waals surface area contributed by atoms with Crippen LogP contribution in [0.15, 0.2) is 103 Å². The summed E-state index contributed by atoms with van der Waals surface area (Å²) in [6.07, 6.45) is 1.47. The van der Waals surface area contributed by atoms with Gasteiger partial charge >= 0.3 is 0 Å². The lowest BCUT2D eigenvalue weighted by atomic mass is 10.1. The summed E-state index contributed by atoms with van der Waals surface area (Å²) in [6.45, 7) is 0.668. The average molecular weight is 509 g/mol. The Morgan fingerprint density at radius 3 is 2.24 bits per heavy atom. The van der Waals surface area contributed by atoms with Crippen molar-refractivity contribution in [2.45, 2.75) is 13.2 Å². The second-order valence-electron chi connectivity index (χ2n) is 8.25. The largest absolute Gasteiger partial charge is 0.493 e. The quantitative estimate of drug-likeness (QED) is 0.194. The molecule has 4 rings (SSSR count). The molecule has 0 aromatic heterocycles. The summed E-state index contributed by atoms with van der Waals surface area (Å²) in [4.78, 5) is 12.7. The highest BCUT2D eigenvalue weighted by Crippen LogP contribution is 2.30. The maximum atomic E-state index is 13.1. The van der Waals surface area contributed by atoms with E-state index in [1.807, 2.05) is 36.4 Å². The minimum Gasteiger partial charge on any atom is -0.493 e. The summed E-state index contributed by atoms with van der Waals surface area (Å²) in [6, 6.07) is 29.8. The van der Waals surface area contributed by atoms with Crippen LogP contribution >= 0.6 is 0 Å². The first kappa shape index (κ1) is 26.0. The first-order valence-electron chi connectivity index (χ1n) is 11.8. The Bertz CT molecular complexity index is 1440. The van der Waals surface area contributed by atoms with Crippen LogP contribution in [-0.4, -0.2) is 13.0 Å². The Morgan fingerprint density at radius 1 is 0.868 bits per heavy atom. The van der Waals surface area contributed by atoms with E-state index in [-0.39, 0.29) is 18.0 Å². The molecule has 0 radical (unpaired) electrons. The fraction of sp³-hybridized carbons (Fsp3) is 0.0968. The van der Waals surface area contributed by atoms with Crippen LogP contribution < -0.4 is 19.5 Å². The maximum Gasteiger partial charge on any atom is 0.266 e. The zero-order valence-corrected chi connectivity index (χ0v) is 20.7. The van der Waals surface area contributed by atoms with Gasteiger partial charge in [0.2, 0.25) is 0 Å². The summed E-state index contributed by atoms with van der Waals surface area (Å²) < 4.78 is 30.1. The van der Waals surface area contributed by atoms with Crippen LogP contribution in [0.3, 0.4) is 0 Å². The van der Waals surface area contributed by atoms with Crippen molar-refractivity contribution in [3.63, 3.8) is 0 Å². The van der Waals surface area contributed by atoms with Crippen LogP contribution in [0, 0.1) is 17.1 Å². The van der Waals surface area contributed by atoms with Crippen LogP contribution in [0.25, 0.3) is 6.08 Å². The van der Waals surface area contributed by atoms with Gasteiger partial charge in [-0.2, -0.15) is 5.26 Å². The minimum atomic E-state index is -0.541. The van der Waals surface area contributed by atoms with Gasteiger partial charge in [-0.25, -0.2) is 4.39 Å². The number of ether oxygens (including phenoxy) is 3. The third kappa shape index (κ3) is 7.21. The summed E-state index contributed by atoms with van der Waals surface area (Å²) in [5, 5.41) is 12.3. The SMILES string of the molecule is COc1cc(/C=C(\C#N)C(=O)Nc2ccc(OCc3ccccc3)cc2)ccc1OCc1ccc(F)cc1. The average Bonchev–Trinajstić information content (AvgIpc) is 2.96. The summed E-state index contributed by atoms with van der Waals surface area (Å²) in [5.74, 6) is 0.721. The lowest BCUT2D eigenvalue weighted by Gasteiger charge is -2.12. The van der Waals surface area contributed by atoms with Crippen molar-refractivity contribution < 1.29 is 23.4 Å². The first-order chi connectivity index (χ1) is 18.5. The van der Waals surface area contributed by atoms with Gasteiger partial charge in [-0.15, -0.1) is 0 Å². The topological polar surface area (TPSA) is 80.6 Å². The van der Waals surface area contributed by atoms with Gasteiger partial charge in [0.05, 0.1) is 7.11 Å². The molecule has 1 amide bonds. The van der Waals surface area contributed by atoms with Gasteiger partial charge < -0.3 is 19.5 Å². The van der Waals surface area contributed by atoms with E-state index in [0.717, 1.165) is 11.1 Å². The number of halogens is 1. The van der Waals surface area contributed by atoms with Crippen molar-refractivity contribution in [3.8, 4) is 23.3 Å². The van der Waals surface area contributed by atoms with E-state index in [1.54, 1.807) is 54.6 Å². The number of amides is 1. The number of nitrogens with zero attached hydrogens (tertiary/aromatic N) is 1. The van der Waals surface area contributed by atoms with Gasteiger partial charge in [0.1, 0.15) is 36.4 Å². The summed E-state index contributed by atoms with van der Waals surface area (Å²) >= 11 is 0. The van der Waals surface area contributed by atoms with Crippen LogP contribution in [-0.2, 0) is 18.0 Å². The van der Waals surface area contributed by atoms with Crippen molar-refractivity contribution in [1.29, 1.82) is 5.26 Å². The predicted octanol–water partition coefficient (Wildman–Crippen LogP) is 6.54. The van der Waals surface area contributed by atoms with Crippen LogP contribution in [0.5, 0.6) is 17.2 Å². The molecular formula is C31H25FN2O4. The van der Waals surface area contributed by atoms with E-state index < -0.39 is 5.91 Å². The molecule has 0 fully saturated rings. The number of nitrogens with one attached hydrogen (secondary N) is 1. The molecule has 0 bridgehead atoms. The normalized spacial score (nSPS) is 10.8. The maximum absolute atomic E-state index is 13.1. The number of nitriles is 1. The molecule has 0 unspecified atom stereocenters. The Morgan fingerprint density at radius 2 is 1.55 bits per heavy atom. The number of carbonyl (C=O) groups excluding carboxylic acids is 1. The third-order valence-electron chi connectivity index (χ3n) is 5.53. The molecule has 0 atom stereocenters. The lowest BCUT2D eigenvalue weighted by Crippen LogP contribution is -2.13. The van der Waals surface area contributed by atoms with Gasteiger partial charge in [-0.3, -0.25) is 4.79 Å². The van der Waals surface area contributed by atoms with E-state index in [2.05, 4.69) is 5.32 Å². The lowest BCUT2D eigenvalue weighted by molar-refractivity contribution is -0.112. The third-order valence-corrected chi connectivity index (χ3v) is 5.53. The Balaban J connectivity index is 1.38. The number of carbonyl (C=O) groups is 1. The second kappa shape index (κ2) is 12.7. The van der Waals surface area contributed by atoms with Gasteiger partial charge in [0.15, 0.2) is 11.5 Å². The molecule has 0 aliphatic heterocycles. The molecule has 38 heavy (non-hydrogen) atoms. The minimum absolute atomic E-state index is 0.0727. The Kier molecular flexibility index (Phi) is 8.72. The van der Waals surface area contributed by atoms with Crippen molar-refractivity contribution in [2.24, 2.45) is 0 Å². The zero-order chi connectivity index (χ0) is 26.7. The number of benzene rings is 4. The van der Waals surface area contributed by atoms with E-state index in [1.165, 1.54) is 25.3 Å². The molecule has 4 aromatic carbocycles. The number of anilines is 1. The van der Waals surface area contributed by atoms with E-state index in [4.69, 9.17) is 14.2 Å². The Labute approximate surface area is 220 Å². The standard InChI is InChI=1S/C31H25FN2O4/c1-36-30-18-24(9-16-29(30)38-21-23-7-10-26(32)11-8-23)17-25(19-33)31(35)34-27-12-14-28(15-13-27)37-20-22-5-3-2-4-6-22/h2-18H,20-21H2,1H3,(H,34,35)/b25-17+. The van der Waals surface area contributed by atoms with Crippen LogP contribution in [0.1, 0.15) is 16.7 Å². The highest BCUT2D eigenvalue weighted by Gasteiger charge is 2.12. The van der Waals surface area contributed by atoms with E-state index in [9.17, 15) is 14.4 Å². The molecule has 0 saturated carbocycles. The van der Waals surface area contributed by atoms with Gasteiger partial charge in [0.25, 0.3) is 5.91 Å². The smallest absolute Gasteiger partial charge is 0.266 e. The molecule has 190 valence electrons. The van der Waals surface area contributed by atoms with Gasteiger partial charge in [-0.1, -0.05) is 48.5 Å². The van der Waals surface area contributed by atoms with Crippen LogP contribution in [0.4, 0.5) is 10.1 Å². The first-order valence-corrected chi connectivity index (χ1v) is 11.8. The molecule has 1 N–H and O–H groups in total. The van der Waals surface area contributed by atoms with Crippen molar-refractivity contribution in [2.75, 3.05) is 12.4 Å². The highest BCUT2D eigenvalue weighted by atomic mass is 19.1. The van der Waals surface area contributed by atoms with E-state index in [0.29, 0.717) is 35.1 Å². The second-order valence-corrected chi connectivity index (χ2v) is 8.25. The van der Waals surface area contributed by atoms with Gasteiger partial charge in [0, 0.05) is 5.69 Å². The van der Waals surface area contributed by atoms with Crippen molar-refractivity contribution in [1.82, 2.24) is 0 Å². The molecule has 4 aromatic rings. The zero-order valence-electron chi connectivity index (χ0n) is 20.7. The molecule has 0 spiro atoms. The Hall–Kier alpha value is -5.09. The fourth-order valence-electron chi connectivity index (χ4n) is 3.52. The molecule has 0 aliphatic carbocycles. The monoisotopic (exact) mass is 508 g/mol. The molecule has 0 saturated heterocycles. The van der Waals surface area contributed by atoms with Gasteiger partial charge in [-0.05, 0) is 71.3 Å². The molecule has 6 nitrogen and oxygen atoms in total. The molecule has 0 heterocycles. The predicted molar refractivity (Wildman–Crippen MR) is 143 cm³/mol. The number of hydrogen-bond donors (Lipinski definition) is 1. The van der Waals surface area contributed by atoms with E-state index >= 15 is 0 Å².